The summed E-state index contributed by atoms with van der Waals surface area (Å²) in [4.78, 5) is 11.8. The molecule has 1 rings (SSSR count). The topological polar surface area (TPSA) is 56.8 Å². The molecular formula is C16H25NO4. The number of nitrogens with one attached hydrogen (secondary N) is 1. The number of carbonyl (C=O) groups excluding carboxylic acids is 1. The van der Waals surface area contributed by atoms with Crippen molar-refractivity contribution in [3.8, 4) is 11.5 Å². The minimum absolute atomic E-state index is 0.245. The minimum Gasteiger partial charge on any atom is -0.497 e. The number of benzene rings is 1. The molecule has 118 valence electrons. The Labute approximate surface area is 126 Å². The summed E-state index contributed by atoms with van der Waals surface area (Å²) in [7, 11) is 4.65. The second kappa shape index (κ2) is 8.52. The fourth-order valence-electron chi connectivity index (χ4n) is 2.13. The maximum atomic E-state index is 11.8. The van der Waals surface area contributed by atoms with Crippen molar-refractivity contribution in [2.24, 2.45) is 5.92 Å². The molecule has 1 N–H and O–H groups in total. The van der Waals surface area contributed by atoms with Crippen molar-refractivity contribution in [1.82, 2.24) is 5.32 Å². The zero-order valence-corrected chi connectivity index (χ0v) is 13.4. The second-order valence-corrected chi connectivity index (χ2v) is 5.26. The fourth-order valence-corrected chi connectivity index (χ4v) is 2.13. The molecule has 0 fully saturated rings. The Morgan fingerprint density at radius 3 is 2.43 bits per heavy atom. The van der Waals surface area contributed by atoms with Crippen LogP contribution in [0, 0.1) is 5.92 Å². The molecule has 0 aromatic heterocycles. The van der Waals surface area contributed by atoms with Crippen LogP contribution in [0.2, 0.25) is 0 Å². The van der Waals surface area contributed by atoms with Crippen LogP contribution in [0.1, 0.15) is 25.8 Å². The number of hydrogen-bond acceptors (Lipinski definition) is 5. The maximum Gasteiger partial charge on any atom is 0.322 e. The van der Waals surface area contributed by atoms with Gasteiger partial charge in [0.2, 0.25) is 0 Å². The molecule has 21 heavy (non-hydrogen) atoms. The average Bonchev–Trinajstić information content (AvgIpc) is 2.49. The summed E-state index contributed by atoms with van der Waals surface area (Å²) in [5.74, 6) is 1.67. The van der Waals surface area contributed by atoms with E-state index in [9.17, 15) is 4.79 Å². The van der Waals surface area contributed by atoms with Gasteiger partial charge < -0.3 is 19.5 Å². The molecule has 1 aromatic carbocycles. The van der Waals surface area contributed by atoms with Crippen LogP contribution in [0.3, 0.4) is 0 Å². The van der Waals surface area contributed by atoms with Crippen LogP contribution in [0.4, 0.5) is 0 Å². The predicted molar refractivity (Wildman–Crippen MR) is 81.6 cm³/mol. The van der Waals surface area contributed by atoms with Gasteiger partial charge in [0, 0.05) is 12.1 Å². The number of esters is 1. The number of rotatable bonds is 8. The van der Waals surface area contributed by atoms with Gasteiger partial charge in [-0.25, -0.2) is 0 Å². The van der Waals surface area contributed by atoms with Gasteiger partial charge in [0.15, 0.2) is 0 Å². The molecular weight excluding hydrogens is 270 g/mol. The summed E-state index contributed by atoms with van der Waals surface area (Å²) < 4.78 is 15.4. The van der Waals surface area contributed by atoms with Crippen LogP contribution in [0.15, 0.2) is 18.2 Å². The van der Waals surface area contributed by atoms with E-state index in [2.05, 4.69) is 19.2 Å². The minimum atomic E-state index is -0.328. The summed E-state index contributed by atoms with van der Waals surface area (Å²) in [5.41, 5.74) is 0.939. The lowest BCUT2D eigenvalue weighted by atomic mass is 10.0. The van der Waals surface area contributed by atoms with Crippen molar-refractivity contribution in [3.63, 3.8) is 0 Å². The summed E-state index contributed by atoms with van der Waals surface area (Å²) in [5, 5.41) is 3.23. The predicted octanol–water partition coefficient (Wildman–Crippen LogP) is 2.38. The van der Waals surface area contributed by atoms with Gasteiger partial charge in [-0.1, -0.05) is 13.8 Å². The number of carbonyl (C=O) groups is 1. The third-order valence-corrected chi connectivity index (χ3v) is 3.22. The van der Waals surface area contributed by atoms with E-state index in [1.807, 2.05) is 18.2 Å². The average molecular weight is 295 g/mol. The molecule has 0 amide bonds. The SMILES string of the molecule is COC(=O)C(CC(C)C)NCc1cc(OC)ccc1OC. The largest absolute Gasteiger partial charge is 0.497 e. The van der Waals surface area contributed by atoms with Gasteiger partial charge in [-0.15, -0.1) is 0 Å². The fraction of sp³-hybridized carbons (Fsp3) is 0.562. The van der Waals surface area contributed by atoms with E-state index in [-0.39, 0.29) is 12.0 Å². The Kier molecular flexibility index (Phi) is 7.02. The first-order valence-corrected chi connectivity index (χ1v) is 7.03. The number of ether oxygens (including phenoxy) is 3. The molecule has 0 aliphatic heterocycles. The van der Waals surface area contributed by atoms with Crippen molar-refractivity contribution in [3.05, 3.63) is 23.8 Å². The van der Waals surface area contributed by atoms with Gasteiger partial charge in [-0.3, -0.25) is 4.79 Å². The molecule has 0 aliphatic carbocycles. The van der Waals surface area contributed by atoms with Gasteiger partial charge >= 0.3 is 5.97 Å². The molecule has 1 atom stereocenters. The van der Waals surface area contributed by atoms with E-state index in [1.165, 1.54) is 7.11 Å². The molecule has 0 spiro atoms. The molecule has 0 saturated carbocycles. The third kappa shape index (κ3) is 5.27. The quantitative estimate of drug-likeness (QED) is 0.746. The van der Waals surface area contributed by atoms with Crippen LogP contribution < -0.4 is 14.8 Å². The Morgan fingerprint density at radius 1 is 1.19 bits per heavy atom. The highest BCUT2D eigenvalue weighted by atomic mass is 16.5. The first-order chi connectivity index (χ1) is 10.0. The number of hydrogen-bond donors (Lipinski definition) is 1. The Bertz CT molecular complexity index is 460. The zero-order chi connectivity index (χ0) is 15.8. The van der Waals surface area contributed by atoms with Crippen LogP contribution in [-0.2, 0) is 16.1 Å². The maximum absolute atomic E-state index is 11.8. The van der Waals surface area contributed by atoms with Gasteiger partial charge in [0.05, 0.1) is 21.3 Å². The molecule has 1 unspecified atom stereocenters. The molecule has 0 aliphatic rings. The zero-order valence-electron chi connectivity index (χ0n) is 13.4. The summed E-state index contributed by atoms with van der Waals surface area (Å²) in [6.07, 6.45) is 0.721. The lowest BCUT2D eigenvalue weighted by molar-refractivity contribution is -0.143. The molecule has 0 radical (unpaired) electrons. The van der Waals surface area contributed by atoms with Gasteiger partial charge in [0.1, 0.15) is 17.5 Å². The van der Waals surface area contributed by atoms with Crippen molar-refractivity contribution in [2.75, 3.05) is 21.3 Å². The van der Waals surface area contributed by atoms with Gasteiger partial charge in [-0.05, 0) is 30.5 Å². The third-order valence-electron chi connectivity index (χ3n) is 3.22. The standard InChI is InChI=1S/C16H25NO4/c1-11(2)8-14(16(18)21-5)17-10-12-9-13(19-3)6-7-15(12)20-4/h6-7,9,11,14,17H,8,10H2,1-5H3. The molecule has 5 nitrogen and oxygen atoms in total. The molecule has 0 saturated heterocycles. The Balaban J connectivity index is 2.80. The lowest BCUT2D eigenvalue weighted by Crippen LogP contribution is -2.38. The number of methoxy groups -OCH3 is 3. The monoisotopic (exact) mass is 295 g/mol. The summed E-state index contributed by atoms with van der Waals surface area (Å²) in [6, 6.07) is 5.26. The van der Waals surface area contributed by atoms with E-state index < -0.39 is 0 Å². The summed E-state index contributed by atoms with van der Waals surface area (Å²) in [6.45, 7) is 4.65. The van der Waals surface area contributed by atoms with E-state index in [1.54, 1.807) is 14.2 Å². The highest BCUT2D eigenvalue weighted by Crippen LogP contribution is 2.24. The Morgan fingerprint density at radius 2 is 1.90 bits per heavy atom. The van der Waals surface area contributed by atoms with Gasteiger partial charge in [0.25, 0.3) is 0 Å². The normalized spacial score (nSPS) is 12.1. The van der Waals surface area contributed by atoms with Crippen molar-refractivity contribution in [1.29, 1.82) is 0 Å². The first kappa shape index (κ1) is 17.3. The Hall–Kier alpha value is -1.75. The lowest BCUT2D eigenvalue weighted by Gasteiger charge is -2.19. The molecule has 0 heterocycles. The van der Waals surface area contributed by atoms with Crippen molar-refractivity contribution in [2.45, 2.75) is 32.9 Å². The molecule has 1 aromatic rings. The van der Waals surface area contributed by atoms with Crippen LogP contribution >= 0.6 is 0 Å². The van der Waals surface area contributed by atoms with Crippen LogP contribution in [0.25, 0.3) is 0 Å². The summed E-state index contributed by atoms with van der Waals surface area (Å²) >= 11 is 0. The first-order valence-electron chi connectivity index (χ1n) is 7.03. The van der Waals surface area contributed by atoms with E-state index >= 15 is 0 Å². The molecule has 0 bridgehead atoms. The van der Waals surface area contributed by atoms with Crippen molar-refractivity contribution < 1.29 is 19.0 Å². The van der Waals surface area contributed by atoms with Gasteiger partial charge in [-0.2, -0.15) is 0 Å². The second-order valence-electron chi connectivity index (χ2n) is 5.26. The smallest absolute Gasteiger partial charge is 0.322 e. The highest BCUT2D eigenvalue weighted by Gasteiger charge is 2.20. The van der Waals surface area contributed by atoms with Crippen LogP contribution in [-0.4, -0.2) is 33.3 Å². The van der Waals surface area contributed by atoms with Crippen LogP contribution in [0.5, 0.6) is 11.5 Å². The van der Waals surface area contributed by atoms with E-state index in [0.717, 1.165) is 23.5 Å². The highest BCUT2D eigenvalue weighted by molar-refractivity contribution is 5.75. The van der Waals surface area contributed by atoms with Crippen molar-refractivity contribution >= 4 is 5.97 Å². The molecule has 5 heteroatoms. The van der Waals surface area contributed by atoms with E-state index in [4.69, 9.17) is 14.2 Å². The van der Waals surface area contributed by atoms with E-state index in [0.29, 0.717) is 12.5 Å².